The highest BCUT2D eigenvalue weighted by atomic mass is 16.5. The Morgan fingerprint density at radius 3 is 2.67 bits per heavy atom. The van der Waals surface area contributed by atoms with Crippen molar-refractivity contribution in [1.82, 2.24) is 5.32 Å². The second-order valence-corrected chi connectivity index (χ2v) is 6.86. The number of hydrogen-bond acceptors (Lipinski definition) is 6. The lowest BCUT2D eigenvalue weighted by atomic mass is 9.90. The highest BCUT2D eigenvalue weighted by molar-refractivity contribution is 5.89. The molecule has 0 unspecified atom stereocenters. The molecular formula is C20H22NO6-. The lowest BCUT2D eigenvalue weighted by Gasteiger charge is -2.21. The van der Waals surface area contributed by atoms with Crippen LogP contribution in [0.3, 0.4) is 0 Å². The quantitative estimate of drug-likeness (QED) is 0.758. The van der Waals surface area contributed by atoms with Gasteiger partial charge in [0, 0.05) is 24.5 Å². The molecule has 0 radical (unpaired) electrons. The molecule has 0 bridgehead atoms. The molecule has 0 aliphatic heterocycles. The molecule has 1 aromatic heterocycles. The summed E-state index contributed by atoms with van der Waals surface area (Å²) in [6, 6.07) is 3.62. The number of rotatable bonds is 6. The van der Waals surface area contributed by atoms with Crippen LogP contribution >= 0.6 is 0 Å². The van der Waals surface area contributed by atoms with Gasteiger partial charge in [-0.3, -0.25) is 4.79 Å². The number of carbonyl (C=O) groups is 2. The van der Waals surface area contributed by atoms with E-state index in [1.807, 2.05) is 13.0 Å². The molecule has 0 saturated carbocycles. The SMILES string of the molecule is Cc1cc(O[C@H](C)C(=O)NCCC(=O)[O-])c2c3c(c(=O)oc2c1)CCCC3. The lowest BCUT2D eigenvalue weighted by Crippen LogP contribution is -2.38. The van der Waals surface area contributed by atoms with Crippen LogP contribution in [0.25, 0.3) is 11.0 Å². The van der Waals surface area contributed by atoms with Crippen molar-refractivity contribution in [3.05, 3.63) is 39.2 Å². The largest absolute Gasteiger partial charge is 0.550 e. The van der Waals surface area contributed by atoms with E-state index in [2.05, 4.69) is 5.32 Å². The zero-order chi connectivity index (χ0) is 19.6. The minimum atomic E-state index is -1.23. The van der Waals surface area contributed by atoms with Crippen LogP contribution in [0.1, 0.15) is 42.9 Å². The normalized spacial score (nSPS) is 14.4. The molecule has 1 N–H and O–H groups in total. The van der Waals surface area contributed by atoms with Crippen LogP contribution in [0.15, 0.2) is 21.3 Å². The Hall–Kier alpha value is -2.83. The fourth-order valence-electron chi connectivity index (χ4n) is 3.44. The van der Waals surface area contributed by atoms with Gasteiger partial charge < -0.3 is 24.4 Å². The first kappa shape index (κ1) is 18.9. The average Bonchev–Trinajstić information content (AvgIpc) is 2.60. The third-order valence-electron chi connectivity index (χ3n) is 4.73. The van der Waals surface area contributed by atoms with Crippen LogP contribution < -0.4 is 20.8 Å². The Labute approximate surface area is 156 Å². The van der Waals surface area contributed by atoms with E-state index in [1.54, 1.807) is 13.0 Å². The summed E-state index contributed by atoms with van der Waals surface area (Å²) in [5.74, 6) is -1.15. The smallest absolute Gasteiger partial charge is 0.339 e. The number of hydrogen-bond donors (Lipinski definition) is 1. The van der Waals surface area contributed by atoms with E-state index < -0.39 is 18.0 Å². The summed E-state index contributed by atoms with van der Waals surface area (Å²) in [4.78, 5) is 34.9. The summed E-state index contributed by atoms with van der Waals surface area (Å²) in [7, 11) is 0. The number of aryl methyl sites for hydroxylation is 2. The first-order chi connectivity index (χ1) is 12.9. The summed E-state index contributed by atoms with van der Waals surface area (Å²) in [5, 5.41) is 13.7. The van der Waals surface area contributed by atoms with Gasteiger partial charge in [-0.1, -0.05) is 0 Å². The molecule has 2 aromatic rings. The molecule has 7 nitrogen and oxygen atoms in total. The second-order valence-electron chi connectivity index (χ2n) is 6.86. The van der Waals surface area contributed by atoms with Crippen molar-refractivity contribution in [3.63, 3.8) is 0 Å². The number of ether oxygens (including phenoxy) is 1. The minimum Gasteiger partial charge on any atom is -0.550 e. The zero-order valence-corrected chi connectivity index (χ0v) is 15.4. The molecule has 3 rings (SSSR count). The molecule has 0 spiro atoms. The standard InChI is InChI=1S/C20H23NO6/c1-11-9-15(26-12(2)19(24)21-8-7-17(22)23)18-13-5-3-4-6-14(13)20(25)27-16(18)10-11/h9-10,12H,3-8H2,1-2H3,(H,21,24)(H,22,23)/p-1/t12-/m1/s1. The molecule has 144 valence electrons. The number of carboxylic acid groups (broad SMARTS) is 1. The van der Waals surface area contributed by atoms with Gasteiger partial charge in [-0.15, -0.1) is 0 Å². The molecule has 1 aliphatic rings. The highest BCUT2D eigenvalue weighted by Gasteiger charge is 2.23. The van der Waals surface area contributed by atoms with Gasteiger partial charge in [-0.25, -0.2) is 4.79 Å². The van der Waals surface area contributed by atoms with Crippen LogP contribution in [0.5, 0.6) is 5.75 Å². The van der Waals surface area contributed by atoms with Crippen LogP contribution in [-0.2, 0) is 22.4 Å². The summed E-state index contributed by atoms with van der Waals surface area (Å²) < 4.78 is 11.4. The Kier molecular flexibility index (Phi) is 5.48. The number of carboxylic acids is 1. The van der Waals surface area contributed by atoms with Gasteiger partial charge >= 0.3 is 5.63 Å². The second kappa shape index (κ2) is 7.82. The van der Waals surface area contributed by atoms with E-state index in [-0.39, 0.29) is 18.6 Å². The zero-order valence-electron chi connectivity index (χ0n) is 15.4. The van der Waals surface area contributed by atoms with Gasteiger partial charge in [0.2, 0.25) is 0 Å². The van der Waals surface area contributed by atoms with E-state index >= 15 is 0 Å². The van der Waals surface area contributed by atoms with E-state index in [9.17, 15) is 19.5 Å². The fourth-order valence-corrected chi connectivity index (χ4v) is 3.44. The molecule has 0 saturated heterocycles. The molecule has 1 atom stereocenters. The molecular weight excluding hydrogens is 350 g/mol. The van der Waals surface area contributed by atoms with Gasteiger partial charge in [0.15, 0.2) is 6.10 Å². The third-order valence-corrected chi connectivity index (χ3v) is 4.73. The molecule has 1 heterocycles. The van der Waals surface area contributed by atoms with Crippen molar-refractivity contribution >= 4 is 22.8 Å². The molecule has 0 fully saturated rings. The van der Waals surface area contributed by atoms with Crippen molar-refractivity contribution in [2.75, 3.05) is 6.54 Å². The molecule has 1 aliphatic carbocycles. The van der Waals surface area contributed by atoms with Crippen LogP contribution in [-0.4, -0.2) is 24.5 Å². The van der Waals surface area contributed by atoms with Crippen LogP contribution in [0, 0.1) is 6.92 Å². The monoisotopic (exact) mass is 372 g/mol. The van der Waals surface area contributed by atoms with Crippen molar-refractivity contribution in [2.45, 2.75) is 52.1 Å². The van der Waals surface area contributed by atoms with Crippen molar-refractivity contribution in [3.8, 4) is 5.75 Å². The minimum absolute atomic E-state index is 0.0201. The third kappa shape index (κ3) is 4.13. The number of nitrogens with one attached hydrogen (secondary N) is 1. The van der Waals surface area contributed by atoms with Crippen molar-refractivity contribution < 1.29 is 23.8 Å². The van der Waals surface area contributed by atoms with Gasteiger partial charge in [-0.05, 0) is 62.8 Å². The Bertz CT molecular complexity index is 946. The van der Waals surface area contributed by atoms with Crippen LogP contribution in [0.2, 0.25) is 0 Å². The van der Waals surface area contributed by atoms with Gasteiger partial charge in [-0.2, -0.15) is 0 Å². The fraction of sp³-hybridized carbons (Fsp3) is 0.450. The topological polar surface area (TPSA) is 109 Å². The molecule has 1 aromatic carbocycles. The maximum atomic E-state index is 12.3. The van der Waals surface area contributed by atoms with Crippen molar-refractivity contribution in [2.24, 2.45) is 0 Å². The maximum Gasteiger partial charge on any atom is 0.339 e. The predicted molar refractivity (Wildman–Crippen MR) is 96.6 cm³/mol. The number of fused-ring (bicyclic) bond motifs is 3. The van der Waals surface area contributed by atoms with Gasteiger partial charge in [0.05, 0.1) is 5.39 Å². The van der Waals surface area contributed by atoms with E-state index in [1.165, 1.54) is 0 Å². The van der Waals surface area contributed by atoms with E-state index in [0.717, 1.165) is 35.8 Å². The summed E-state index contributed by atoms with van der Waals surface area (Å²) in [5.41, 5.74) is 2.63. The summed E-state index contributed by atoms with van der Waals surface area (Å²) in [6.45, 7) is 3.43. The van der Waals surface area contributed by atoms with Gasteiger partial charge in [0.1, 0.15) is 11.3 Å². The van der Waals surface area contributed by atoms with Crippen molar-refractivity contribution in [1.29, 1.82) is 0 Å². The number of amides is 1. The first-order valence-electron chi connectivity index (χ1n) is 9.10. The molecule has 27 heavy (non-hydrogen) atoms. The number of benzene rings is 1. The van der Waals surface area contributed by atoms with E-state index in [4.69, 9.17) is 9.15 Å². The Balaban J connectivity index is 1.93. The lowest BCUT2D eigenvalue weighted by molar-refractivity contribution is -0.305. The molecule has 1 amide bonds. The first-order valence-corrected chi connectivity index (χ1v) is 9.10. The van der Waals surface area contributed by atoms with E-state index in [0.29, 0.717) is 23.3 Å². The van der Waals surface area contributed by atoms with Crippen LogP contribution in [0.4, 0.5) is 0 Å². The maximum absolute atomic E-state index is 12.3. The predicted octanol–water partition coefficient (Wildman–Crippen LogP) is 1.00. The Morgan fingerprint density at radius 2 is 1.96 bits per heavy atom. The number of carbonyl (C=O) groups excluding carboxylic acids is 2. The Morgan fingerprint density at radius 1 is 1.26 bits per heavy atom. The highest BCUT2D eigenvalue weighted by Crippen LogP contribution is 2.35. The molecule has 7 heteroatoms. The van der Waals surface area contributed by atoms with Gasteiger partial charge in [0.25, 0.3) is 5.91 Å². The summed E-state index contributed by atoms with van der Waals surface area (Å²) >= 11 is 0. The average molecular weight is 372 g/mol. The number of aliphatic carboxylic acids is 1. The summed E-state index contributed by atoms with van der Waals surface area (Å²) in [6.07, 6.45) is 2.29.